The Morgan fingerprint density at radius 2 is 1.89 bits per heavy atom. The van der Waals surface area contributed by atoms with Crippen molar-refractivity contribution in [2.45, 2.75) is 25.7 Å². The fourth-order valence-electron chi connectivity index (χ4n) is 3.41. The summed E-state index contributed by atoms with van der Waals surface area (Å²) in [6.45, 7) is 3.17. The van der Waals surface area contributed by atoms with E-state index < -0.39 is 0 Å². The van der Waals surface area contributed by atoms with Crippen LogP contribution in [0.5, 0.6) is 11.6 Å². The van der Waals surface area contributed by atoms with Gasteiger partial charge in [0, 0.05) is 43.8 Å². The summed E-state index contributed by atoms with van der Waals surface area (Å²) in [5, 5.41) is 0. The summed E-state index contributed by atoms with van der Waals surface area (Å²) in [5.41, 5.74) is 2.02. The molecule has 0 unspecified atom stereocenters. The number of nitrogens with zero attached hydrogens (tertiary/aromatic N) is 5. The highest BCUT2D eigenvalue weighted by molar-refractivity contribution is 5.92. The molecule has 1 aliphatic rings. The van der Waals surface area contributed by atoms with Crippen molar-refractivity contribution in [2.75, 3.05) is 13.1 Å². The van der Waals surface area contributed by atoms with Crippen LogP contribution in [-0.4, -0.2) is 43.8 Å². The quantitative estimate of drug-likeness (QED) is 0.695. The average Bonchev–Trinajstić information content (AvgIpc) is 2.76. The van der Waals surface area contributed by atoms with Crippen LogP contribution in [0.15, 0.2) is 55.1 Å². The SMILES string of the molecule is Cc1ncccc1Oc1nccnc1[C@@H]1CCCN(C(=O)c2ccccn2)C1. The van der Waals surface area contributed by atoms with Crippen LogP contribution < -0.4 is 4.74 Å². The van der Waals surface area contributed by atoms with Gasteiger partial charge in [-0.1, -0.05) is 6.07 Å². The lowest BCUT2D eigenvalue weighted by atomic mass is 9.94. The first kappa shape index (κ1) is 18.0. The van der Waals surface area contributed by atoms with E-state index in [2.05, 4.69) is 19.9 Å². The zero-order valence-corrected chi connectivity index (χ0v) is 15.7. The maximum atomic E-state index is 12.8. The number of amides is 1. The summed E-state index contributed by atoms with van der Waals surface area (Å²) in [5.74, 6) is 1.12. The van der Waals surface area contributed by atoms with Gasteiger partial charge in [-0.2, -0.15) is 0 Å². The molecule has 1 fully saturated rings. The predicted molar refractivity (Wildman–Crippen MR) is 103 cm³/mol. The molecule has 1 amide bonds. The van der Waals surface area contributed by atoms with Crippen molar-refractivity contribution in [1.29, 1.82) is 0 Å². The summed E-state index contributed by atoms with van der Waals surface area (Å²) in [6, 6.07) is 9.06. The highest BCUT2D eigenvalue weighted by Crippen LogP contribution is 2.33. The van der Waals surface area contributed by atoms with Crippen LogP contribution in [0.3, 0.4) is 0 Å². The Bertz CT molecular complexity index is 964. The summed E-state index contributed by atoms with van der Waals surface area (Å²) in [4.78, 5) is 32.0. The smallest absolute Gasteiger partial charge is 0.272 e. The third-order valence-electron chi connectivity index (χ3n) is 4.84. The summed E-state index contributed by atoms with van der Waals surface area (Å²) in [6.07, 6.45) is 8.46. The number of likely N-dealkylation sites (tertiary alicyclic amines) is 1. The maximum Gasteiger partial charge on any atom is 0.272 e. The van der Waals surface area contributed by atoms with E-state index in [4.69, 9.17) is 4.74 Å². The number of aromatic nitrogens is 4. The third-order valence-corrected chi connectivity index (χ3v) is 4.84. The minimum absolute atomic E-state index is 0.0558. The first-order valence-corrected chi connectivity index (χ1v) is 9.33. The second kappa shape index (κ2) is 8.12. The molecule has 0 saturated carbocycles. The fraction of sp³-hybridized carbons (Fsp3) is 0.286. The van der Waals surface area contributed by atoms with Crippen LogP contribution in [0.4, 0.5) is 0 Å². The number of hydrogen-bond acceptors (Lipinski definition) is 6. The Morgan fingerprint density at radius 3 is 2.71 bits per heavy atom. The molecule has 4 heterocycles. The van der Waals surface area contributed by atoms with E-state index >= 15 is 0 Å². The lowest BCUT2D eigenvalue weighted by Gasteiger charge is -2.32. The van der Waals surface area contributed by atoms with Crippen molar-refractivity contribution in [2.24, 2.45) is 0 Å². The third kappa shape index (κ3) is 3.83. The maximum absolute atomic E-state index is 12.8. The molecular formula is C21H21N5O2. The number of aryl methyl sites for hydroxylation is 1. The Labute approximate surface area is 163 Å². The lowest BCUT2D eigenvalue weighted by molar-refractivity contribution is 0.0699. The summed E-state index contributed by atoms with van der Waals surface area (Å²) < 4.78 is 6.02. The first-order valence-electron chi connectivity index (χ1n) is 9.33. The van der Waals surface area contributed by atoms with E-state index in [0.29, 0.717) is 30.4 Å². The molecule has 3 aromatic heterocycles. The average molecular weight is 375 g/mol. The molecule has 1 atom stereocenters. The number of piperidine rings is 1. The Kier molecular flexibility index (Phi) is 5.23. The van der Waals surface area contributed by atoms with Crippen LogP contribution in [-0.2, 0) is 0 Å². The molecule has 0 bridgehead atoms. The molecule has 7 nitrogen and oxygen atoms in total. The zero-order valence-electron chi connectivity index (χ0n) is 15.7. The molecule has 142 valence electrons. The van der Waals surface area contributed by atoms with Crippen molar-refractivity contribution in [3.8, 4) is 11.6 Å². The molecule has 0 spiro atoms. The highest BCUT2D eigenvalue weighted by atomic mass is 16.5. The van der Waals surface area contributed by atoms with Gasteiger partial charge in [-0.05, 0) is 44.0 Å². The van der Waals surface area contributed by atoms with Crippen LogP contribution in [0, 0.1) is 6.92 Å². The Balaban J connectivity index is 1.56. The number of carbonyl (C=O) groups excluding carboxylic acids is 1. The second-order valence-corrected chi connectivity index (χ2v) is 6.74. The van der Waals surface area contributed by atoms with Crippen molar-refractivity contribution in [1.82, 2.24) is 24.8 Å². The molecule has 4 rings (SSSR count). The van der Waals surface area contributed by atoms with E-state index in [9.17, 15) is 4.79 Å². The van der Waals surface area contributed by atoms with E-state index in [0.717, 1.165) is 24.2 Å². The van der Waals surface area contributed by atoms with Gasteiger partial charge in [-0.15, -0.1) is 0 Å². The number of carbonyl (C=O) groups is 1. The summed E-state index contributed by atoms with van der Waals surface area (Å²) >= 11 is 0. The predicted octanol–water partition coefficient (Wildman–Crippen LogP) is 3.39. The number of rotatable bonds is 4. The van der Waals surface area contributed by atoms with Gasteiger partial charge in [0.1, 0.15) is 11.4 Å². The lowest BCUT2D eigenvalue weighted by Crippen LogP contribution is -2.39. The Hall–Kier alpha value is -3.35. The zero-order chi connectivity index (χ0) is 19.3. The van der Waals surface area contributed by atoms with Crippen LogP contribution in [0.25, 0.3) is 0 Å². The van der Waals surface area contributed by atoms with Crippen molar-refractivity contribution in [3.63, 3.8) is 0 Å². The van der Waals surface area contributed by atoms with Crippen LogP contribution in [0.1, 0.15) is 40.6 Å². The molecule has 0 aliphatic carbocycles. The van der Waals surface area contributed by atoms with E-state index in [-0.39, 0.29) is 11.8 Å². The number of pyridine rings is 2. The van der Waals surface area contributed by atoms with Gasteiger partial charge in [0.15, 0.2) is 5.75 Å². The molecule has 3 aromatic rings. The van der Waals surface area contributed by atoms with Crippen molar-refractivity contribution < 1.29 is 9.53 Å². The summed E-state index contributed by atoms with van der Waals surface area (Å²) in [7, 11) is 0. The molecule has 1 saturated heterocycles. The van der Waals surface area contributed by atoms with Gasteiger partial charge in [0.05, 0.1) is 5.69 Å². The first-order chi connectivity index (χ1) is 13.7. The molecule has 28 heavy (non-hydrogen) atoms. The van der Waals surface area contributed by atoms with Crippen LogP contribution >= 0.6 is 0 Å². The standard InChI is InChI=1S/C21H21N5O2/c1-15-18(8-4-10-22-15)28-20-19(24-11-12-25-20)16-6-5-13-26(14-16)21(27)17-7-2-3-9-23-17/h2-4,7-12,16H,5-6,13-14H2,1H3/t16-/m1/s1. The monoisotopic (exact) mass is 375 g/mol. The van der Waals surface area contributed by atoms with Gasteiger partial charge in [-0.25, -0.2) is 4.98 Å². The minimum atomic E-state index is -0.0558. The van der Waals surface area contributed by atoms with Gasteiger partial charge < -0.3 is 9.64 Å². The molecule has 0 aromatic carbocycles. The van der Waals surface area contributed by atoms with E-state index in [1.807, 2.05) is 30.0 Å². The number of hydrogen-bond donors (Lipinski definition) is 0. The molecule has 7 heteroatoms. The van der Waals surface area contributed by atoms with E-state index in [1.54, 1.807) is 36.9 Å². The second-order valence-electron chi connectivity index (χ2n) is 6.74. The van der Waals surface area contributed by atoms with Crippen molar-refractivity contribution >= 4 is 5.91 Å². The fourth-order valence-corrected chi connectivity index (χ4v) is 3.41. The van der Waals surface area contributed by atoms with Crippen LogP contribution in [0.2, 0.25) is 0 Å². The minimum Gasteiger partial charge on any atom is -0.435 e. The normalized spacial score (nSPS) is 16.6. The molecule has 1 aliphatic heterocycles. The van der Waals surface area contributed by atoms with Gasteiger partial charge >= 0.3 is 0 Å². The van der Waals surface area contributed by atoms with Gasteiger partial charge in [0.25, 0.3) is 5.91 Å². The van der Waals surface area contributed by atoms with Gasteiger partial charge in [0.2, 0.25) is 5.88 Å². The molecule has 0 radical (unpaired) electrons. The van der Waals surface area contributed by atoms with Gasteiger partial charge in [-0.3, -0.25) is 19.7 Å². The topological polar surface area (TPSA) is 81.1 Å². The molecule has 0 N–H and O–H groups in total. The van der Waals surface area contributed by atoms with E-state index in [1.165, 1.54) is 0 Å². The Morgan fingerprint density at radius 1 is 1.04 bits per heavy atom. The highest BCUT2D eigenvalue weighted by Gasteiger charge is 2.29. The van der Waals surface area contributed by atoms with Crippen molar-refractivity contribution in [3.05, 3.63) is 72.2 Å². The molecular weight excluding hydrogens is 354 g/mol. The number of ether oxygens (including phenoxy) is 1. The largest absolute Gasteiger partial charge is 0.435 e.